The van der Waals surface area contributed by atoms with Gasteiger partial charge in [0.05, 0.1) is 11.1 Å². The van der Waals surface area contributed by atoms with E-state index in [2.05, 4.69) is 15.6 Å². The van der Waals surface area contributed by atoms with Gasteiger partial charge >= 0.3 is 0 Å². The molecule has 1 aromatic heterocycles. The molecule has 3 rings (SSSR count). The van der Waals surface area contributed by atoms with Gasteiger partial charge in [-0.2, -0.15) is 0 Å². The highest BCUT2D eigenvalue weighted by Crippen LogP contribution is 2.22. The summed E-state index contributed by atoms with van der Waals surface area (Å²) >= 11 is 0. The predicted molar refractivity (Wildman–Crippen MR) is 105 cm³/mol. The number of nitrogens with zero attached hydrogens (tertiary/aromatic N) is 2. The molecule has 1 aliphatic heterocycles. The molecule has 0 spiro atoms. The van der Waals surface area contributed by atoms with Crippen LogP contribution in [0.1, 0.15) is 46.0 Å². The molecule has 4 amide bonds. The molecule has 0 fully saturated rings. The normalized spacial score (nSPS) is 13.8. The van der Waals surface area contributed by atoms with Gasteiger partial charge in [-0.05, 0) is 37.1 Å². The van der Waals surface area contributed by atoms with Crippen molar-refractivity contribution >= 4 is 23.6 Å². The van der Waals surface area contributed by atoms with Crippen LogP contribution < -0.4 is 10.6 Å². The van der Waals surface area contributed by atoms with Crippen molar-refractivity contribution < 1.29 is 19.2 Å². The zero-order valence-corrected chi connectivity index (χ0v) is 16.1. The van der Waals surface area contributed by atoms with E-state index in [1.54, 1.807) is 49.6 Å². The Hall–Kier alpha value is -3.55. The molecule has 1 atom stereocenters. The second-order valence-electron chi connectivity index (χ2n) is 6.78. The van der Waals surface area contributed by atoms with E-state index in [0.29, 0.717) is 24.1 Å². The number of imide groups is 1. The number of pyridine rings is 1. The highest BCUT2D eigenvalue weighted by Gasteiger charge is 2.34. The zero-order valence-electron chi connectivity index (χ0n) is 16.1. The Morgan fingerprint density at radius 1 is 1.07 bits per heavy atom. The number of benzene rings is 1. The SMILES string of the molecule is C[C@@H](NC(=O)CCCN1C(=O)c2ccccc2C1=O)C(=O)NCc1cccnc1. The number of nitrogens with one attached hydrogen (secondary N) is 2. The van der Waals surface area contributed by atoms with E-state index < -0.39 is 6.04 Å². The van der Waals surface area contributed by atoms with Crippen LogP contribution in [0.4, 0.5) is 0 Å². The maximum Gasteiger partial charge on any atom is 0.261 e. The molecule has 150 valence electrons. The number of fused-ring (bicyclic) bond motifs is 1. The first-order valence-corrected chi connectivity index (χ1v) is 9.38. The number of hydrogen-bond donors (Lipinski definition) is 2. The highest BCUT2D eigenvalue weighted by molar-refractivity contribution is 6.21. The van der Waals surface area contributed by atoms with E-state index >= 15 is 0 Å². The van der Waals surface area contributed by atoms with Crippen LogP contribution in [-0.2, 0) is 16.1 Å². The number of rotatable bonds is 8. The van der Waals surface area contributed by atoms with Crippen molar-refractivity contribution in [2.75, 3.05) is 6.54 Å². The van der Waals surface area contributed by atoms with Crippen molar-refractivity contribution in [2.24, 2.45) is 0 Å². The van der Waals surface area contributed by atoms with Gasteiger partial charge in [0, 0.05) is 31.9 Å². The summed E-state index contributed by atoms with van der Waals surface area (Å²) < 4.78 is 0. The third kappa shape index (κ3) is 4.84. The van der Waals surface area contributed by atoms with Crippen LogP contribution >= 0.6 is 0 Å². The van der Waals surface area contributed by atoms with Gasteiger partial charge in [-0.25, -0.2) is 0 Å². The summed E-state index contributed by atoms with van der Waals surface area (Å²) in [7, 11) is 0. The quantitative estimate of drug-likeness (QED) is 0.656. The predicted octanol–water partition coefficient (Wildman–Crippen LogP) is 1.28. The topological polar surface area (TPSA) is 108 Å². The number of carbonyl (C=O) groups is 4. The first kappa shape index (κ1) is 20.2. The van der Waals surface area contributed by atoms with Crippen LogP contribution in [0.5, 0.6) is 0 Å². The smallest absolute Gasteiger partial charge is 0.261 e. The molecule has 0 radical (unpaired) electrons. The van der Waals surface area contributed by atoms with Gasteiger partial charge in [0.2, 0.25) is 11.8 Å². The first-order valence-electron chi connectivity index (χ1n) is 9.38. The summed E-state index contributed by atoms with van der Waals surface area (Å²) in [5, 5.41) is 5.36. The van der Waals surface area contributed by atoms with Crippen molar-refractivity contribution in [1.82, 2.24) is 20.5 Å². The fourth-order valence-electron chi connectivity index (χ4n) is 3.06. The Bertz CT molecular complexity index is 894. The Kier molecular flexibility index (Phi) is 6.33. The van der Waals surface area contributed by atoms with Crippen molar-refractivity contribution in [3.8, 4) is 0 Å². The van der Waals surface area contributed by atoms with Crippen LogP contribution in [0.2, 0.25) is 0 Å². The second kappa shape index (κ2) is 9.09. The third-order valence-electron chi connectivity index (χ3n) is 4.62. The lowest BCUT2D eigenvalue weighted by Crippen LogP contribution is -2.44. The molecular weight excluding hydrogens is 372 g/mol. The molecule has 0 bridgehead atoms. The van der Waals surface area contributed by atoms with Crippen molar-refractivity contribution in [2.45, 2.75) is 32.4 Å². The van der Waals surface area contributed by atoms with Crippen LogP contribution in [0.3, 0.4) is 0 Å². The van der Waals surface area contributed by atoms with E-state index in [9.17, 15) is 19.2 Å². The largest absolute Gasteiger partial charge is 0.350 e. The van der Waals surface area contributed by atoms with Crippen LogP contribution in [0.15, 0.2) is 48.8 Å². The molecule has 0 aliphatic carbocycles. The number of hydrogen-bond acceptors (Lipinski definition) is 5. The van der Waals surface area contributed by atoms with E-state index in [0.717, 1.165) is 10.5 Å². The fourth-order valence-corrected chi connectivity index (χ4v) is 3.06. The van der Waals surface area contributed by atoms with Gasteiger partial charge in [-0.15, -0.1) is 0 Å². The Morgan fingerprint density at radius 2 is 1.76 bits per heavy atom. The summed E-state index contributed by atoms with van der Waals surface area (Å²) in [6.45, 7) is 2.08. The molecule has 0 saturated heterocycles. The molecule has 2 aromatic rings. The Balaban J connectivity index is 1.40. The van der Waals surface area contributed by atoms with E-state index in [1.807, 2.05) is 6.07 Å². The van der Waals surface area contributed by atoms with Crippen LogP contribution in [0.25, 0.3) is 0 Å². The average molecular weight is 394 g/mol. The molecule has 1 aromatic carbocycles. The van der Waals surface area contributed by atoms with E-state index in [4.69, 9.17) is 0 Å². The summed E-state index contributed by atoms with van der Waals surface area (Å²) in [4.78, 5) is 53.9. The van der Waals surface area contributed by atoms with Gasteiger partial charge in [0.1, 0.15) is 6.04 Å². The summed E-state index contributed by atoms with van der Waals surface area (Å²) in [5.41, 5.74) is 1.64. The van der Waals surface area contributed by atoms with Gasteiger partial charge in [-0.1, -0.05) is 18.2 Å². The monoisotopic (exact) mass is 394 g/mol. The molecule has 2 heterocycles. The van der Waals surface area contributed by atoms with Crippen molar-refractivity contribution in [1.29, 1.82) is 0 Å². The lowest BCUT2D eigenvalue weighted by Gasteiger charge is -2.16. The minimum absolute atomic E-state index is 0.105. The standard InChI is InChI=1S/C21H22N4O4/c1-14(19(27)23-13-15-6-4-10-22-12-15)24-18(26)9-5-11-25-20(28)16-7-2-3-8-17(16)21(25)29/h2-4,6-8,10,12,14H,5,9,11,13H2,1H3,(H,23,27)(H,24,26)/t14-/m1/s1. The average Bonchev–Trinajstić information content (AvgIpc) is 2.97. The van der Waals surface area contributed by atoms with Crippen LogP contribution in [0, 0.1) is 0 Å². The van der Waals surface area contributed by atoms with Gasteiger partial charge in [0.15, 0.2) is 0 Å². The maximum atomic E-state index is 12.3. The lowest BCUT2D eigenvalue weighted by molar-refractivity contribution is -0.128. The molecule has 8 nitrogen and oxygen atoms in total. The fraction of sp³-hybridized carbons (Fsp3) is 0.286. The lowest BCUT2D eigenvalue weighted by atomic mass is 10.1. The highest BCUT2D eigenvalue weighted by atomic mass is 16.2. The maximum absolute atomic E-state index is 12.3. The van der Waals surface area contributed by atoms with Gasteiger partial charge in [-0.3, -0.25) is 29.1 Å². The van der Waals surface area contributed by atoms with Crippen molar-refractivity contribution in [3.63, 3.8) is 0 Å². The Labute approximate surface area is 168 Å². The van der Waals surface area contributed by atoms with E-state index in [-0.39, 0.29) is 36.6 Å². The molecular formula is C21H22N4O4. The number of amides is 4. The molecule has 0 unspecified atom stereocenters. The molecule has 2 N–H and O–H groups in total. The molecule has 1 aliphatic rings. The molecule has 29 heavy (non-hydrogen) atoms. The summed E-state index contributed by atoms with van der Waals surface area (Å²) in [6, 6.07) is 9.58. The van der Waals surface area contributed by atoms with Gasteiger partial charge in [0.25, 0.3) is 11.8 Å². The van der Waals surface area contributed by atoms with Crippen molar-refractivity contribution in [3.05, 3.63) is 65.5 Å². The van der Waals surface area contributed by atoms with E-state index in [1.165, 1.54) is 0 Å². The van der Waals surface area contributed by atoms with Gasteiger partial charge < -0.3 is 10.6 Å². The minimum atomic E-state index is -0.696. The first-order chi connectivity index (χ1) is 14.0. The molecule has 0 saturated carbocycles. The summed E-state index contributed by atoms with van der Waals surface area (Å²) in [6.07, 6.45) is 3.73. The zero-order chi connectivity index (χ0) is 20.8. The summed E-state index contributed by atoms with van der Waals surface area (Å²) in [5.74, 6) is -1.29. The Morgan fingerprint density at radius 3 is 2.38 bits per heavy atom. The molecule has 8 heteroatoms. The second-order valence-corrected chi connectivity index (χ2v) is 6.78. The van der Waals surface area contributed by atoms with Crippen LogP contribution in [-0.4, -0.2) is 46.1 Å². The number of carbonyl (C=O) groups excluding carboxylic acids is 4. The minimum Gasteiger partial charge on any atom is -0.350 e. The third-order valence-corrected chi connectivity index (χ3v) is 4.62. The number of aromatic nitrogens is 1.